The van der Waals surface area contributed by atoms with Gasteiger partial charge in [0.2, 0.25) is 5.95 Å². The summed E-state index contributed by atoms with van der Waals surface area (Å²) in [7, 11) is 0. The van der Waals surface area contributed by atoms with E-state index in [4.69, 9.17) is 0 Å². The fraction of sp³-hybridized carbons (Fsp3) is 0.190. The van der Waals surface area contributed by atoms with Crippen molar-refractivity contribution in [2.45, 2.75) is 20.3 Å². The van der Waals surface area contributed by atoms with Crippen LogP contribution in [-0.4, -0.2) is 22.4 Å². The van der Waals surface area contributed by atoms with Crippen molar-refractivity contribution in [1.29, 1.82) is 0 Å². The second-order valence-corrected chi connectivity index (χ2v) is 5.83. The summed E-state index contributed by atoms with van der Waals surface area (Å²) in [6, 6.07) is 19.3. The molecule has 3 rings (SSSR count). The van der Waals surface area contributed by atoms with E-state index < -0.39 is 0 Å². The average Bonchev–Trinajstić information content (AvgIpc) is 2.70. The van der Waals surface area contributed by atoms with Crippen LogP contribution in [0.15, 0.2) is 66.9 Å². The lowest BCUT2D eigenvalue weighted by Crippen LogP contribution is -2.21. The first kappa shape index (κ1) is 17.6. The zero-order valence-electron chi connectivity index (χ0n) is 15.0. The zero-order chi connectivity index (χ0) is 18.4. The molecule has 0 fully saturated rings. The summed E-state index contributed by atoms with van der Waals surface area (Å²) >= 11 is 0. The van der Waals surface area contributed by atoms with Crippen molar-refractivity contribution in [3.63, 3.8) is 0 Å². The summed E-state index contributed by atoms with van der Waals surface area (Å²) in [6.45, 7) is 4.83. The summed E-state index contributed by atoms with van der Waals surface area (Å²) in [6.07, 6.45) is 2.58. The Balaban J connectivity index is 1.80. The number of nitrogens with zero attached hydrogens (tertiary/aromatic N) is 3. The number of hydrogen-bond acceptors (Lipinski definition) is 4. The van der Waals surface area contributed by atoms with Gasteiger partial charge in [0, 0.05) is 24.1 Å². The fourth-order valence-electron chi connectivity index (χ4n) is 2.67. The minimum Gasteiger partial charge on any atom is -0.321 e. The third-order valence-electron chi connectivity index (χ3n) is 4.12. The van der Waals surface area contributed by atoms with Gasteiger partial charge in [-0.1, -0.05) is 37.3 Å². The molecule has 2 aromatic carbocycles. The number of benzene rings is 2. The van der Waals surface area contributed by atoms with Gasteiger partial charge < -0.3 is 10.2 Å². The summed E-state index contributed by atoms with van der Waals surface area (Å²) < 4.78 is 0. The van der Waals surface area contributed by atoms with E-state index in [0.717, 1.165) is 17.8 Å². The molecule has 1 amide bonds. The van der Waals surface area contributed by atoms with Crippen LogP contribution in [0.2, 0.25) is 0 Å². The van der Waals surface area contributed by atoms with Gasteiger partial charge >= 0.3 is 0 Å². The summed E-state index contributed by atoms with van der Waals surface area (Å²) in [5, 5.41) is 2.89. The number of nitrogens with one attached hydrogen (secondary N) is 1. The van der Waals surface area contributed by atoms with Crippen molar-refractivity contribution in [2.75, 3.05) is 16.8 Å². The Morgan fingerprint density at radius 3 is 2.38 bits per heavy atom. The third-order valence-corrected chi connectivity index (χ3v) is 4.12. The standard InChI is InChI=1S/C21H22N4O/c1-3-16-10-12-17(13-11-16)23-20(26)19-14-15-22-21(24-19)25(4-2)18-8-6-5-7-9-18/h5-15H,3-4H2,1-2H3,(H,23,26). The van der Waals surface area contributed by atoms with Crippen LogP contribution in [0.5, 0.6) is 0 Å². The topological polar surface area (TPSA) is 58.1 Å². The SMILES string of the molecule is CCc1ccc(NC(=O)c2ccnc(N(CC)c3ccccc3)n2)cc1. The van der Waals surface area contributed by atoms with Gasteiger partial charge in [-0.2, -0.15) is 0 Å². The normalized spacial score (nSPS) is 10.4. The van der Waals surface area contributed by atoms with Crippen LogP contribution in [0.1, 0.15) is 29.9 Å². The second-order valence-electron chi connectivity index (χ2n) is 5.83. The first-order chi connectivity index (χ1) is 12.7. The molecule has 0 saturated heterocycles. The number of para-hydroxylation sites is 1. The van der Waals surface area contributed by atoms with Crippen molar-refractivity contribution in [2.24, 2.45) is 0 Å². The molecule has 0 spiro atoms. The Hall–Kier alpha value is -3.21. The molecule has 0 aliphatic rings. The maximum Gasteiger partial charge on any atom is 0.274 e. The fourth-order valence-corrected chi connectivity index (χ4v) is 2.67. The molecule has 3 aromatic rings. The molecule has 5 nitrogen and oxygen atoms in total. The maximum absolute atomic E-state index is 12.5. The van der Waals surface area contributed by atoms with E-state index in [9.17, 15) is 4.79 Å². The van der Waals surface area contributed by atoms with E-state index in [2.05, 4.69) is 22.2 Å². The van der Waals surface area contributed by atoms with Crippen molar-refractivity contribution in [3.8, 4) is 0 Å². The van der Waals surface area contributed by atoms with Gasteiger partial charge in [-0.05, 0) is 49.2 Å². The molecule has 1 heterocycles. The molecular formula is C21H22N4O. The van der Waals surface area contributed by atoms with Crippen LogP contribution in [-0.2, 0) is 6.42 Å². The van der Waals surface area contributed by atoms with Crippen LogP contribution in [0.4, 0.5) is 17.3 Å². The van der Waals surface area contributed by atoms with Crippen LogP contribution in [0, 0.1) is 0 Å². The third kappa shape index (κ3) is 4.06. The predicted octanol–water partition coefficient (Wildman–Crippen LogP) is 4.45. The largest absolute Gasteiger partial charge is 0.321 e. The minimum absolute atomic E-state index is 0.248. The molecule has 0 aliphatic carbocycles. The number of anilines is 3. The number of carbonyl (C=O) groups is 1. The maximum atomic E-state index is 12.5. The second kappa shape index (κ2) is 8.25. The Bertz CT molecular complexity index is 863. The lowest BCUT2D eigenvalue weighted by molar-refractivity contribution is 0.102. The highest BCUT2D eigenvalue weighted by atomic mass is 16.1. The zero-order valence-corrected chi connectivity index (χ0v) is 15.0. The number of amides is 1. The lowest BCUT2D eigenvalue weighted by Gasteiger charge is -2.21. The number of aryl methyl sites for hydroxylation is 1. The molecule has 0 unspecified atom stereocenters. The van der Waals surface area contributed by atoms with Crippen LogP contribution in [0.25, 0.3) is 0 Å². The summed E-state index contributed by atoms with van der Waals surface area (Å²) in [5.41, 5.74) is 3.31. The average molecular weight is 346 g/mol. The highest BCUT2D eigenvalue weighted by Gasteiger charge is 2.14. The monoisotopic (exact) mass is 346 g/mol. The predicted molar refractivity (Wildman–Crippen MR) is 105 cm³/mol. The first-order valence-corrected chi connectivity index (χ1v) is 8.77. The number of carbonyl (C=O) groups excluding carboxylic acids is 1. The quantitative estimate of drug-likeness (QED) is 0.716. The van der Waals surface area contributed by atoms with E-state index in [1.807, 2.05) is 66.4 Å². The summed E-state index contributed by atoms with van der Waals surface area (Å²) in [4.78, 5) is 23.3. The Kier molecular flexibility index (Phi) is 5.59. The van der Waals surface area contributed by atoms with Crippen molar-refractivity contribution in [1.82, 2.24) is 9.97 Å². The Labute approximate surface area is 153 Å². The molecule has 0 bridgehead atoms. The van der Waals surface area contributed by atoms with Crippen LogP contribution < -0.4 is 10.2 Å². The van der Waals surface area contributed by atoms with Gasteiger partial charge in [-0.25, -0.2) is 9.97 Å². The summed E-state index contributed by atoms with van der Waals surface area (Å²) in [5.74, 6) is 0.259. The van der Waals surface area contributed by atoms with Crippen molar-refractivity contribution < 1.29 is 4.79 Å². The number of hydrogen-bond donors (Lipinski definition) is 1. The molecule has 0 aliphatic heterocycles. The molecule has 5 heteroatoms. The van der Waals surface area contributed by atoms with E-state index in [-0.39, 0.29) is 5.91 Å². The van der Waals surface area contributed by atoms with Gasteiger partial charge in [-0.3, -0.25) is 4.79 Å². The molecule has 1 N–H and O–H groups in total. The van der Waals surface area contributed by atoms with E-state index in [0.29, 0.717) is 18.2 Å². The van der Waals surface area contributed by atoms with E-state index in [1.165, 1.54) is 5.56 Å². The molecule has 132 valence electrons. The number of aromatic nitrogens is 2. The Morgan fingerprint density at radius 1 is 1.00 bits per heavy atom. The van der Waals surface area contributed by atoms with Gasteiger partial charge in [0.05, 0.1) is 0 Å². The molecule has 1 aromatic heterocycles. The van der Waals surface area contributed by atoms with E-state index >= 15 is 0 Å². The molecule has 0 saturated carbocycles. The van der Waals surface area contributed by atoms with Crippen LogP contribution in [0.3, 0.4) is 0 Å². The smallest absolute Gasteiger partial charge is 0.274 e. The molecular weight excluding hydrogens is 324 g/mol. The highest BCUT2D eigenvalue weighted by molar-refractivity contribution is 6.03. The van der Waals surface area contributed by atoms with Gasteiger partial charge in [0.25, 0.3) is 5.91 Å². The highest BCUT2D eigenvalue weighted by Crippen LogP contribution is 2.21. The van der Waals surface area contributed by atoms with Gasteiger partial charge in [0.15, 0.2) is 0 Å². The molecule has 0 radical (unpaired) electrons. The molecule has 0 atom stereocenters. The first-order valence-electron chi connectivity index (χ1n) is 8.77. The van der Waals surface area contributed by atoms with Crippen LogP contribution >= 0.6 is 0 Å². The van der Waals surface area contributed by atoms with Crippen molar-refractivity contribution >= 4 is 23.2 Å². The van der Waals surface area contributed by atoms with Crippen molar-refractivity contribution in [3.05, 3.63) is 78.1 Å². The molecule has 26 heavy (non-hydrogen) atoms. The lowest BCUT2D eigenvalue weighted by atomic mass is 10.1. The van der Waals surface area contributed by atoms with Gasteiger partial charge in [-0.15, -0.1) is 0 Å². The van der Waals surface area contributed by atoms with Gasteiger partial charge in [0.1, 0.15) is 5.69 Å². The minimum atomic E-state index is -0.248. The van der Waals surface area contributed by atoms with E-state index in [1.54, 1.807) is 12.3 Å². The number of rotatable bonds is 6. The Morgan fingerprint density at radius 2 is 1.73 bits per heavy atom.